The van der Waals surface area contributed by atoms with Crippen LogP contribution in [0.5, 0.6) is 6.01 Å². The van der Waals surface area contributed by atoms with Gasteiger partial charge in [0.05, 0.1) is 18.5 Å². The Morgan fingerprint density at radius 3 is 2.65 bits per heavy atom. The summed E-state index contributed by atoms with van der Waals surface area (Å²) in [4.78, 5) is 23.4. The van der Waals surface area contributed by atoms with Crippen LogP contribution in [0.4, 0.5) is 11.6 Å². The number of aromatic amines is 1. The lowest BCUT2D eigenvalue weighted by Gasteiger charge is -2.21. The summed E-state index contributed by atoms with van der Waals surface area (Å²) in [6.45, 7) is 6.42. The molecular weight excluding hydrogens is 428 g/mol. The number of hydrogen-bond acceptors (Lipinski definition) is 8. The van der Waals surface area contributed by atoms with E-state index in [2.05, 4.69) is 54.2 Å². The second-order valence-corrected chi connectivity index (χ2v) is 7.80. The Kier molecular flexibility index (Phi) is 7.99. The third kappa shape index (κ3) is 6.06. The van der Waals surface area contributed by atoms with Crippen molar-refractivity contribution in [3.63, 3.8) is 0 Å². The summed E-state index contributed by atoms with van der Waals surface area (Å²) >= 11 is 0. The van der Waals surface area contributed by atoms with Gasteiger partial charge in [-0.05, 0) is 31.0 Å². The molecule has 0 amide bonds. The van der Waals surface area contributed by atoms with E-state index >= 15 is 0 Å². The molecule has 0 fully saturated rings. The van der Waals surface area contributed by atoms with Crippen molar-refractivity contribution in [2.75, 3.05) is 30.0 Å². The van der Waals surface area contributed by atoms with Crippen LogP contribution < -0.4 is 15.1 Å². The first-order chi connectivity index (χ1) is 16.8. The van der Waals surface area contributed by atoms with Crippen molar-refractivity contribution >= 4 is 28.8 Å². The van der Waals surface area contributed by atoms with Gasteiger partial charge in [-0.1, -0.05) is 38.1 Å². The van der Waals surface area contributed by atoms with Gasteiger partial charge in [0, 0.05) is 48.5 Å². The molecule has 3 heterocycles. The Hall–Kier alpha value is -4.01. The minimum absolute atomic E-state index is 0.284. The summed E-state index contributed by atoms with van der Waals surface area (Å²) in [6, 6.07) is 14.2. The van der Waals surface area contributed by atoms with Gasteiger partial charge in [-0.3, -0.25) is 10.4 Å². The molecule has 0 aliphatic heterocycles. The zero-order chi connectivity index (χ0) is 23.6. The van der Waals surface area contributed by atoms with Crippen molar-refractivity contribution in [2.45, 2.75) is 33.1 Å². The smallest absolute Gasteiger partial charge is 0.321 e. The van der Waals surface area contributed by atoms with Crippen molar-refractivity contribution < 1.29 is 4.74 Å². The maximum atomic E-state index is 5.89. The number of hydrogen-bond donors (Lipinski definition) is 2. The summed E-state index contributed by atoms with van der Waals surface area (Å²) in [5.74, 6) is 1.03. The quantitative estimate of drug-likeness (QED) is 0.239. The average molecular weight is 459 g/mol. The van der Waals surface area contributed by atoms with Crippen LogP contribution in [0.1, 0.15) is 38.2 Å². The zero-order valence-corrected chi connectivity index (χ0v) is 19.6. The fourth-order valence-electron chi connectivity index (χ4n) is 3.59. The number of anilines is 2. The van der Waals surface area contributed by atoms with Gasteiger partial charge < -0.3 is 14.6 Å². The molecule has 4 aromatic rings. The molecular formula is C25H30N8O. The number of hydrazone groups is 1. The number of ether oxygens (including phenoxy) is 1. The van der Waals surface area contributed by atoms with Crippen molar-refractivity contribution in [3.8, 4) is 6.01 Å². The van der Waals surface area contributed by atoms with E-state index in [0.717, 1.165) is 48.2 Å². The van der Waals surface area contributed by atoms with Gasteiger partial charge in [0.25, 0.3) is 0 Å². The molecule has 0 bridgehead atoms. The molecule has 0 saturated carbocycles. The van der Waals surface area contributed by atoms with E-state index in [1.165, 1.54) is 0 Å². The molecule has 0 unspecified atom stereocenters. The van der Waals surface area contributed by atoms with Gasteiger partial charge in [0.15, 0.2) is 5.82 Å². The van der Waals surface area contributed by atoms with E-state index in [0.29, 0.717) is 24.8 Å². The first-order valence-corrected chi connectivity index (χ1v) is 11.7. The number of aromatic nitrogens is 5. The maximum Gasteiger partial charge on any atom is 0.321 e. The predicted molar refractivity (Wildman–Crippen MR) is 136 cm³/mol. The number of H-pyrrole nitrogens is 1. The molecule has 4 rings (SSSR count). The summed E-state index contributed by atoms with van der Waals surface area (Å²) in [6.07, 6.45) is 7.91. The van der Waals surface area contributed by atoms with E-state index in [9.17, 15) is 0 Å². The standard InChI is InChI=1S/C25H30N8O/c1-3-14-33(15-4-2)24-29-23(18-28-32-22-17-27-21-11-6-5-10-20(21)22)30-25(31-24)34-16-12-19-9-7-8-13-26-19/h5-11,13,17-18,27,32H,3-4,12,14-16H2,1-2H3/b28-18+. The normalized spacial score (nSPS) is 11.2. The Bertz CT molecular complexity index is 1200. The lowest BCUT2D eigenvalue weighted by atomic mass is 10.2. The molecule has 0 aliphatic rings. The number of para-hydroxylation sites is 1. The molecule has 0 radical (unpaired) electrons. The number of nitrogens with one attached hydrogen (secondary N) is 2. The second kappa shape index (κ2) is 11.7. The topological polar surface area (TPSA) is 104 Å². The summed E-state index contributed by atoms with van der Waals surface area (Å²) in [5.41, 5.74) is 5.96. The van der Waals surface area contributed by atoms with Gasteiger partial charge >= 0.3 is 6.01 Å². The molecule has 0 atom stereocenters. The average Bonchev–Trinajstić information content (AvgIpc) is 3.28. The Labute approximate surface area is 199 Å². The number of benzene rings is 1. The Morgan fingerprint density at radius 1 is 1.03 bits per heavy atom. The van der Waals surface area contributed by atoms with Gasteiger partial charge in [-0.15, -0.1) is 0 Å². The second-order valence-electron chi connectivity index (χ2n) is 7.80. The van der Waals surface area contributed by atoms with Crippen LogP contribution in [-0.2, 0) is 6.42 Å². The molecule has 2 N–H and O–H groups in total. The largest absolute Gasteiger partial charge is 0.463 e. The number of fused-ring (bicyclic) bond motifs is 1. The molecule has 0 saturated heterocycles. The van der Waals surface area contributed by atoms with Crippen LogP contribution in [-0.4, -0.2) is 50.8 Å². The van der Waals surface area contributed by atoms with E-state index < -0.39 is 0 Å². The Morgan fingerprint density at radius 2 is 1.85 bits per heavy atom. The van der Waals surface area contributed by atoms with Gasteiger partial charge in [0.1, 0.15) is 0 Å². The zero-order valence-electron chi connectivity index (χ0n) is 19.6. The van der Waals surface area contributed by atoms with Gasteiger partial charge in [-0.2, -0.15) is 20.1 Å². The first-order valence-electron chi connectivity index (χ1n) is 11.7. The van der Waals surface area contributed by atoms with Crippen LogP contribution in [0.15, 0.2) is 60.0 Å². The molecule has 0 spiro atoms. The summed E-state index contributed by atoms with van der Waals surface area (Å²) < 4.78 is 5.89. The highest BCUT2D eigenvalue weighted by atomic mass is 16.5. The summed E-state index contributed by atoms with van der Waals surface area (Å²) in [7, 11) is 0. The van der Waals surface area contributed by atoms with Crippen molar-refractivity contribution in [2.24, 2.45) is 5.10 Å². The summed E-state index contributed by atoms with van der Waals surface area (Å²) in [5, 5.41) is 5.43. The molecule has 1 aromatic carbocycles. The highest BCUT2D eigenvalue weighted by molar-refractivity contribution is 5.92. The van der Waals surface area contributed by atoms with E-state index in [4.69, 9.17) is 4.74 Å². The SMILES string of the molecule is CCCN(CCC)c1nc(/C=N/Nc2c[nH]c3ccccc23)nc(OCCc2ccccn2)n1. The highest BCUT2D eigenvalue weighted by Crippen LogP contribution is 2.22. The molecule has 9 nitrogen and oxygen atoms in total. The van der Waals surface area contributed by atoms with Crippen LogP contribution in [0.25, 0.3) is 10.9 Å². The molecule has 176 valence electrons. The monoisotopic (exact) mass is 458 g/mol. The lowest BCUT2D eigenvalue weighted by Crippen LogP contribution is -2.27. The number of pyridine rings is 1. The van der Waals surface area contributed by atoms with Crippen LogP contribution >= 0.6 is 0 Å². The number of nitrogens with zero attached hydrogens (tertiary/aromatic N) is 6. The van der Waals surface area contributed by atoms with E-state index in [1.54, 1.807) is 12.4 Å². The third-order valence-electron chi connectivity index (χ3n) is 5.16. The predicted octanol–water partition coefficient (Wildman–Crippen LogP) is 4.44. The van der Waals surface area contributed by atoms with Crippen molar-refractivity contribution in [1.82, 2.24) is 24.9 Å². The van der Waals surface area contributed by atoms with Crippen molar-refractivity contribution in [1.29, 1.82) is 0 Å². The van der Waals surface area contributed by atoms with E-state index in [-0.39, 0.29) is 6.01 Å². The minimum atomic E-state index is 0.284. The lowest BCUT2D eigenvalue weighted by molar-refractivity contribution is 0.293. The maximum absolute atomic E-state index is 5.89. The first kappa shape index (κ1) is 23.2. The molecule has 0 aliphatic carbocycles. The minimum Gasteiger partial charge on any atom is -0.463 e. The highest BCUT2D eigenvalue weighted by Gasteiger charge is 2.13. The van der Waals surface area contributed by atoms with Crippen molar-refractivity contribution in [3.05, 3.63) is 66.4 Å². The molecule has 34 heavy (non-hydrogen) atoms. The van der Waals surface area contributed by atoms with E-state index in [1.807, 2.05) is 48.7 Å². The Balaban J connectivity index is 1.52. The molecule has 3 aromatic heterocycles. The van der Waals surface area contributed by atoms with Crippen LogP contribution in [0, 0.1) is 0 Å². The molecule has 9 heteroatoms. The van der Waals surface area contributed by atoms with Crippen LogP contribution in [0.3, 0.4) is 0 Å². The fourth-order valence-corrected chi connectivity index (χ4v) is 3.59. The van der Waals surface area contributed by atoms with Gasteiger partial charge in [0.2, 0.25) is 5.95 Å². The fraction of sp³-hybridized carbons (Fsp3) is 0.320. The van der Waals surface area contributed by atoms with Gasteiger partial charge in [-0.25, -0.2) is 0 Å². The third-order valence-corrected chi connectivity index (χ3v) is 5.16. The van der Waals surface area contributed by atoms with Crippen LogP contribution in [0.2, 0.25) is 0 Å². The number of rotatable bonds is 12.